The Kier molecular flexibility index (Phi) is 2.42. The van der Waals surface area contributed by atoms with Gasteiger partial charge in [0.1, 0.15) is 0 Å². The Morgan fingerprint density at radius 2 is 2.18 bits per heavy atom. The van der Waals surface area contributed by atoms with E-state index in [1.807, 2.05) is 0 Å². The minimum Gasteiger partial charge on any atom is -0.492 e. The second-order valence-corrected chi connectivity index (χ2v) is 3.02. The molecular weight excluding hydrogens is 234 g/mol. The monoisotopic (exact) mass is 241 g/mol. The highest BCUT2D eigenvalue weighted by atomic mass is 16.8. The number of methoxy groups -OCH3 is 2. The van der Waals surface area contributed by atoms with Gasteiger partial charge in [0, 0.05) is 11.2 Å². The van der Waals surface area contributed by atoms with Crippen LogP contribution >= 0.6 is 0 Å². The van der Waals surface area contributed by atoms with E-state index in [-0.39, 0.29) is 27.4 Å². The Labute approximate surface area is 93.8 Å². The third-order valence-electron chi connectivity index (χ3n) is 2.18. The number of ether oxygens (including phenoxy) is 2. The minimum absolute atomic E-state index is 0.0179. The number of hydrogen-bond acceptors (Lipinski definition) is 7. The van der Waals surface area contributed by atoms with E-state index in [9.17, 15) is 15.3 Å². The van der Waals surface area contributed by atoms with Crippen molar-refractivity contribution in [1.82, 2.24) is 5.16 Å². The molecule has 9 nitrogen and oxygen atoms in total. The first kappa shape index (κ1) is 10.9. The van der Waals surface area contributed by atoms with Crippen LogP contribution < -0.4 is 14.4 Å². The van der Waals surface area contributed by atoms with Crippen LogP contribution in [0.15, 0.2) is 10.7 Å². The number of benzene rings is 1. The first-order chi connectivity index (χ1) is 8.10. The average Bonchev–Trinajstić information content (AvgIpc) is 2.68. The van der Waals surface area contributed by atoms with Crippen molar-refractivity contribution in [3.8, 4) is 11.5 Å². The minimum atomic E-state index is -0.755. The first-order valence-electron chi connectivity index (χ1n) is 4.39. The van der Waals surface area contributed by atoms with Crippen molar-refractivity contribution in [1.29, 1.82) is 0 Å². The lowest BCUT2D eigenvalue weighted by molar-refractivity contribution is -0.783. The molecule has 0 N–H and O–H groups in total. The molecule has 0 saturated carbocycles. The summed E-state index contributed by atoms with van der Waals surface area (Å²) in [4.78, 5) is 10.2. The van der Waals surface area contributed by atoms with Gasteiger partial charge in [-0.1, -0.05) is 0 Å². The molecule has 0 spiro atoms. The van der Waals surface area contributed by atoms with Crippen molar-refractivity contribution in [2.75, 3.05) is 14.2 Å². The summed E-state index contributed by atoms with van der Waals surface area (Å²) in [5, 5.41) is 25.6. The van der Waals surface area contributed by atoms with Gasteiger partial charge in [-0.25, -0.2) is 0 Å². The van der Waals surface area contributed by atoms with E-state index >= 15 is 0 Å². The van der Waals surface area contributed by atoms with Crippen LogP contribution in [0.3, 0.4) is 0 Å². The predicted octanol–water partition coefficient (Wildman–Crippen LogP) is 0.387. The number of nitrogens with zero attached hydrogens (tertiary/aromatic N) is 3. The van der Waals surface area contributed by atoms with Crippen molar-refractivity contribution in [3.05, 3.63) is 21.4 Å². The number of fused-ring (bicyclic) bond motifs is 1. The van der Waals surface area contributed by atoms with Crippen LogP contribution in [0.4, 0.5) is 5.69 Å². The Balaban J connectivity index is 2.93. The topological polar surface area (TPSA) is 115 Å². The van der Waals surface area contributed by atoms with Gasteiger partial charge in [0.25, 0.3) is 5.52 Å². The smallest absolute Gasteiger partial charge is 0.369 e. The van der Waals surface area contributed by atoms with Gasteiger partial charge in [0.2, 0.25) is 5.75 Å². The SMILES string of the molecule is COc1cc2no[n+]([O-])c2c([N+](=O)[O-])c1OC. The Bertz CT molecular complexity index is 592. The van der Waals surface area contributed by atoms with E-state index < -0.39 is 10.6 Å². The van der Waals surface area contributed by atoms with E-state index in [1.165, 1.54) is 20.3 Å². The zero-order chi connectivity index (χ0) is 12.6. The van der Waals surface area contributed by atoms with Crippen LogP contribution in [0.25, 0.3) is 11.0 Å². The van der Waals surface area contributed by atoms with E-state index in [1.54, 1.807) is 0 Å². The summed E-state index contributed by atoms with van der Waals surface area (Å²) in [5.74, 6) is -0.0570. The molecule has 17 heavy (non-hydrogen) atoms. The lowest BCUT2D eigenvalue weighted by Crippen LogP contribution is -2.23. The summed E-state index contributed by atoms with van der Waals surface area (Å²) in [6.07, 6.45) is 0. The van der Waals surface area contributed by atoms with Crippen LogP contribution in [0.2, 0.25) is 0 Å². The number of rotatable bonds is 3. The van der Waals surface area contributed by atoms with Crippen LogP contribution in [-0.2, 0) is 0 Å². The maximum atomic E-state index is 11.3. The molecule has 1 aromatic heterocycles. The van der Waals surface area contributed by atoms with E-state index in [4.69, 9.17) is 9.47 Å². The third kappa shape index (κ3) is 1.48. The predicted molar refractivity (Wildman–Crippen MR) is 52.7 cm³/mol. The van der Waals surface area contributed by atoms with Gasteiger partial charge in [-0.3, -0.25) is 14.7 Å². The standard InChI is InChI=1S/C8H7N3O6/c1-15-5-3-4-6(11(14)17-9-4)7(10(12)13)8(5)16-2/h3H,1-2H3. The number of nitro benzene ring substituents is 1. The summed E-state index contributed by atoms with van der Waals surface area (Å²) < 4.78 is 14.1. The molecule has 0 bridgehead atoms. The summed E-state index contributed by atoms with van der Waals surface area (Å²) in [5.41, 5.74) is -0.838. The van der Waals surface area contributed by atoms with Gasteiger partial charge in [-0.05, 0) is 4.90 Å². The number of hydrogen-bond donors (Lipinski definition) is 0. The normalized spacial score (nSPS) is 10.5. The van der Waals surface area contributed by atoms with E-state index in [0.717, 1.165) is 0 Å². The Hall–Kier alpha value is -2.58. The van der Waals surface area contributed by atoms with Crippen molar-refractivity contribution in [2.45, 2.75) is 0 Å². The van der Waals surface area contributed by atoms with Crippen LogP contribution in [0.5, 0.6) is 11.5 Å². The molecule has 0 aliphatic rings. The molecule has 1 aromatic carbocycles. The molecule has 0 radical (unpaired) electrons. The highest BCUT2D eigenvalue weighted by molar-refractivity contribution is 5.87. The van der Waals surface area contributed by atoms with E-state index in [0.29, 0.717) is 0 Å². The van der Waals surface area contributed by atoms with Crippen molar-refractivity contribution < 1.29 is 23.9 Å². The fourth-order valence-electron chi connectivity index (χ4n) is 1.49. The second-order valence-electron chi connectivity index (χ2n) is 3.02. The average molecular weight is 241 g/mol. The summed E-state index contributed by atoms with van der Waals surface area (Å²) >= 11 is 0. The fourth-order valence-corrected chi connectivity index (χ4v) is 1.49. The Morgan fingerprint density at radius 1 is 1.47 bits per heavy atom. The molecule has 90 valence electrons. The van der Waals surface area contributed by atoms with Gasteiger partial charge in [0.15, 0.2) is 5.75 Å². The zero-order valence-electron chi connectivity index (χ0n) is 8.87. The molecule has 2 rings (SSSR count). The molecule has 9 heteroatoms. The van der Waals surface area contributed by atoms with Crippen molar-refractivity contribution in [3.63, 3.8) is 0 Å². The summed E-state index contributed by atoms with van der Waals surface area (Å²) in [6, 6.07) is 1.32. The number of aromatic nitrogens is 2. The quantitative estimate of drug-likeness (QED) is 0.433. The molecule has 0 fully saturated rings. The molecule has 0 amide bonds. The molecule has 1 heterocycles. The maximum Gasteiger partial charge on any atom is 0.369 e. The van der Waals surface area contributed by atoms with Gasteiger partial charge in [0.05, 0.1) is 19.1 Å². The van der Waals surface area contributed by atoms with E-state index in [2.05, 4.69) is 9.79 Å². The van der Waals surface area contributed by atoms with Gasteiger partial charge < -0.3 is 14.7 Å². The highest BCUT2D eigenvalue weighted by Gasteiger charge is 2.32. The lowest BCUT2D eigenvalue weighted by Gasteiger charge is -2.06. The molecule has 0 atom stereocenters. The fraction of sp³-hybridized carbons (Fsp3) is 0.250. The largest absolute Gasteiger partial charge is 0.492 e. The molecule has 0 unspecified atom stereocenters. The van der Waals surface area contributed by atoms with Crippen molar-refractivity contribution in [2.24, 2.45) is 0 Å². The highest BCUT2D eigenvalue weighted by Crippen LogP contribution is 2.40. The molecule has 0 saturated heterocycles. The Morgan fingerprint density at radius 3 is 2.71 bits per heavy atom. The third-order valence-corrected chi connectivity index (χ3v) is 2.18. The van der Waals surface area contributed by atoms with Crippen LogP contribution in [0, 0.1) is 15.3 Å². The zero-order valence-corrected chi connectivity index (χ0v) is 8.87. The molecular formula is C8H7N3O6. The summed E-state index contributed by atoms with van der Waals surface area (Å²) in [7, 11) is 2.55. The molecule has 0 aliphatic heterocycles. The first-order valence-corrected chi connectivity index (χ1v) is 4.39. The van der Waals surface area contributed by atoms with Gasteiger partial charge in [-0.15, -0.1) is 0 Å². The maximum absolute atomic E-state index is 11.3. The summed E-state index contributed by atoms with van der Waals surface area (Å²) in [6.45, 7) is 0. The number of nitro groups is 1. The van der Waals surface area contributed by atoms with Crippen molar-refractivity contribution >= 4 is 16.7 Å². The van der Waals surface area contributed by atoms with Gasteiger partial charge in [-0.2, -0.15) is 0 Å². The molecule has 2 aromatic rings. The van der Waals surface area contributed by atoms with Gasteiger partial charge >= 0.3 is 11.2 Å². The van der Waals surface area contributed by atoms with Crippen LogP contribution in [-0.4, -0.2) is 24.3 Å². The molecule has 0 aliphatic carbocycles. The van der Waals surface area contributed by atoms with Crippen LogP contribution in [0.1, 0.15) is 0 Å². The second kappa shape index (κ2) is 3.77. The lowest BCUT2D eigenvalue weighted by atomic mass is 10.2.